The molecule has 1 aliphatic rings. The fourth-order valence-electron chi connectivity index (χ4n) is 2.70. The standard InChI is InChI=1S/C16H24N2O3/c1-11-5-4-6-13(18-11)10-17-16(19)12-7-8-14(20-2)15(9-12)21-3/h7-9,11,13,18H,4-6,10H2,1-3H3,(H,17,19). The molecule has 2 atom stereocenters. The summed E-state index contributed by atoms with van der Waals surface area (Å²) in [5, 5.41) is 6.48. The zero-order valence-corrected chi connectivity index (χ0v) is 12.9. The third-order valence-corrected chi connectivity index (χ3v) is 3.86. The Kier molecular flexibility index (Phi) is 5.44. The van der Waals surface area contributed by atoms with Crippen LogP contribution in [0, 0.1) is 0 Å². The van der Waals surface area contributed by atoms with Crippen molar-refractivity contribution in [3.05, 3.63) is 23.8 Å². The van der Waals surface area contributed by atoms with Crippen LogP contribution in [0.4, 0.5) is 0 Å². The molecule has 1 fully saturated rings. The van der Waals surface area contributed by atoms with Crippen molar-refractivity contribution in [1.29, 1.82) is 0 Å². The van der Waals surface area contributed by atoms with Crippen molar-refractivity contribution in [1.82, 2.24) is 10.6 Å². The first kappa shape index (κ1) is 15.6. The Balaban J connectivity index is 1.93. The summed E-state index contributed by atoms with van der Waals surface area (Å²) in [6.07, 6.45) is 3.53. The van der Waals surface area contributed by atoms with Crippen LogP contribution in [0.2, 0.25) is 0 Å². The van der Waals surface area contributed by atoms with Gasteiger partial charge in [-0.05, 0) is 38.0 Å². The SMILES string of the molecule is COc1ccc(C(=O)NCC2CCCC(C)N2)cc1OC. The van der Waals surface area contributed by atoms with Crippen LogP contribution in [0.3, 0.4) is 0 Å². The van der Waals surface area contributed by atoms with Gasteiger partial charge in [-0.25, -0.2) is 0 Å². The summed E-state index contributed by atoms with van der Waals surface area (Å²) in [6, 6.07) is 6.08. The van der Waals surface area contributed by atoms with Crippen LogP contribution in [0.1, 0.15) is 36.5 Å². The molecule has 5 heteroatoms. The van der Waals surface area contributed by atoms with Crippen molar-refractivity contribution < 1.29 is 14.3 Å². The van der Waals surface area contributed by atoms with Crippen LogP contribution in [0.25, 0.3) is 0 Å². The molecule has 0 spiro atoms. The predicted octanol–water partition coefficient (Wildman–Crippen LogP) is 1.96. The average molecular weight is 292 g/mol. The molecule has 21 heavy (non-hydrogen) atoms. The van der Waals surface area contributed by atoms with Gasteiger partial charge >= 0.3 is 0 Å². The summed E-state index contributed by atoms with van der Waals surface area (Å²) in [5.41, 5.74) is 0.580. The molecular formula is C16H24N2O3. The molecule has 116 valence electrons. The largest absolute Gasteiger partial charge is 0.493 e. The fourth-order valence-corrected chi connectivity index (χ4v) is 2.70. The molecule has 0 radical (unpaired) electrons. The number of methoxy groups -OCH3 is 2. The second-order valence-electron chi connectivity index (χ2n) is 5.48. The van der Waals surface area contributed by atoms with E-state index in [4.69, 9.17) is 9.47 Å². The highest BCUT2D eigenvalue weighted by atomic mass is 16.5. The number of benzene rings is 1. The van der Waals surface area contributed by atoms with Crippen LogP contribution >= 0.6 is 0 Å². The lowest BCUT2D eigenvalue weighted by molar-refractivity contribution is 0.0946. The van der Waals surface area contributed by atoms with Gasteiger partial charge in [-0.15, -0.1) is 0 Å². The highest BCUT2D eigenvalue weighted by Gasteiger charge is 2.18. The van der Waals surface area contributed by atoms with Gasteiger partial charge < -0.3 is 20.1 Å². The number of rotatable bonds is 5. The normalized spacial score (nSPS) is 21.7. The van der Waals surface area contributed by atoms with Gasteiger partial charge in [0, 0.05) is 24.2 Å². The molecule has 5 nitrogen and oxygen atoms in total. The zero-order chi connectivity index (χ0) is 15.2. The molecule has 1 amide bonds. The minimum atomic E-state index is -0.0871. The van der Waals surface area contributed by atoms with Crippen LogP contribution < -0.4 is 20.1 Å². The van der Waals surface area contributed by atoms with Gasteiger partial charge in [0.1, 0.15) is 0 Å². The Morgan fingerprint density at radius 2 is 2.05 bits per heavy atom. The van der Waals surface area contributed by atoms with Crippen molar-refractivity contribution >= 4 is 5.91 Å². The minimum Gasteiger partial charge on any atom is -0.493 e. The zero-order valence-electron chi connectivity index (χ0n) is 12.9. The van der Waals surface area contributed by atoms with Crippen molar-refractivity contribution in [2.24, 2.45) is 0 Å². The molecule has 2 N–H and O–H groups in total. The molecule has 1 aromatic carbocycles. The van der Waals surface area contributed by atoms with E-state index in [0.29, 0.717) is 35.7 Å². The number of hydrogen-bond donors (Lipinski definition) is 2. The molecule has 1 aromatic rings. The lowest BCUT2D eigenvalue weighted by atomic mass is 9.99. The molecular weight excluding hydrogens is 268 g/mol. The number of piperidine rings is 1. The van der Waals surface area contributed by atoms with Gasteiger partial charge in [-0.1, -0.05) is 6.42 Å². The summed E-state index contributed by atoms with van der Waals surface area (Å²) < 4.78 is 10.4. The minimum absolute atomic E-state index is 0.0871. The van der Waals surface area contributed by atoms with Crippen LogP contribution in [-0.2, 0) is 0 Å². The molecule has 1 heterocycles. The van der Waals surface area contributed by atoms with Crippen molar-refractivity contribution in [3.63, 3.8) is 0 Å². The van der Waals surface area contributed by atoms with E-state index in [9.17, 15) is 4.79 Å². The lowest BCUT2D eigenvalue weighted by Crippen LogP contribution is -2.47. The van der Waals surface area contributed by atoms with Gasteiger partial charge in [0.15, 0.2) is 11.5 Å². The Hall–Kier alpha value is -1.75. The van der Waals surface area contributed by atoms with Gasteiger partial charge in [0.05, 0.1) is 14.2 Å². The number of ether oxygens (including phenoxy) is 2. The van der Waals surface area contributed by atoms with Crippen LogP contribution in [0.15, 0.2) is 18.2 Å². The first-order valence-corrected chi connectivity index (χ1v) is 7.40. The third kappa shape index (κ3) is 4.11. The highest BCUT2D eigenvalue weighted by Crippen LogP contribution is 2.27. The number of nitrogens with one attached hydrogen (secondary N) is 2. The third-order valence-electron chi connectivity index (χ3n) is 3.86. The van der Waals surface area contributed by atoms with Gasteiger partial charge in [0.2, 0.25) is 0 Å². The summed E-state index contributed by atoms with van der Waals surface area (Å²) in [5.74, 6) is 1.10. The van der Waals surface area contributed by atoms with Crippen molar-refractivity contribution in [2.75, 3.05) is 20.8 Å². The average Bonchev–Trinajstić information content (AvgIpc) is 2.52. The van der Waals surface area contributed by atoms with E-state index in [2.05, 4.69) is 17.6 Å². The molecule has 1 saturated heterocycles. The maximum absolute atomic E-state index is 12.2. The number of hydrogen-bond acceptors (Lipinski definition) is 4. The second kappa shape index (κ2) is 7.31. The monoisotopic (exact) mass is 292 g/mol. The first-order valence-electron chi connectivity index (χ1n) is 7.40. The lowest BCUT2D eigenvalue weighted by Gasteiger charge is -2.28. The molecule has 0 aromatic heterocycles. The van der Waals surface area contributed by atoms with Crippen LogP contribution in [0.5, 0.6) is 11.5 Å². The molecule has 0 bridgehead atoms. The smallest absolute Gasteiger partial charge is 0.251 e. The summed E-state index contributed by atoms with van der Waals surface area (Å²) in [4.78, 5) is 12.2. The summed E-state index contributed by atoms with van der Waals surface area (Å²) in [7, 11) is 3.14. The quantitative estimate of drug-likeness (QED) is 0.871. The van der Waals surface area contributed by atoms with Gasteiger partial charge in [-0.3, -0.25) is 4.79 Å². The summed E-state index contributed by atoms with van der Waals surface area (Å²) in [6.45, 7) is 2.83. The molecule has 0 aliphatic carbocycles. The van der Waals surface area contributed by atoms with E-state index < -0.39 is 0 Å². The van der Waals surface area contributed by atoms with Gasteiger partial charge in [-0.2, -0.15) is 0 Å². The number of amides is 1. The van der Waals surface area contributed by atoms with E-state index in [1.807, 2.05) is 0 Å². The Bertz CT molecular complexity index is 490. The van der Waals surface area contributed by atoms with Crippen molar-refractivity contribution in [2.45, 2.75) is 38.3 Å². The Morgan fingerprint density at radius 1 is 1.29 bits per heavy atom. The van der Waals surface area contributed by atoms with Crippen molar-refractivity contribution in [3.8, 4) is 11.5 Å². The Labute approximate surface area is 126 Å². The predicted molar refractivity (Wildman–Crippen MR) is 82.1 cm³/mol. The van der Waals surface area contributed by atoms with E-state index in [-0.39, 0.29) is 5.91 Å². The fraction of sp³-hybridized carbons (Fsp3) is 0.562. The number of carbonyl (C=O) groups is 1. The first-order chi connectivity index (χ1) is 10.1. The highest BCUT2D eigenvalue weighted by molar-refractivity contribution is 5.94. The second-order valence-corrected chi connectivity index (χ2v) is 5.48. The molecule has 0 saturated carbocycles. The molecule has 1 aliphatic heterocycles. The van der Waals surface area contributed by atoms with E-state index >= 15 is 0 Å². The maximum atomic E-state index is 12.2. The topological polar surface area (TPSA) is 59.6 Å². The molecule has 2 rings (SSSR count). The van der Waals surface area contributed by atoms with E-state index in [1.165, 1.54) is 12.8 Å². The molecule has 2 unspecified atom stereocenters. The Morgan fingerprint density at radius 3 is 2.71 bits per heavy atom. The van der Waals surface area contributed by atoms with E-state index in [0.717, 1.165) is 6.42 Å². The van der Waals surface area contributed by atoms with Gasteiger partial charge in [0.25, 0.3) is 5.91 Å². The van der Waals surface area contributed by atoms with E-state index in [1.54, 1.807) is 32.4 Å². The maximum Gasteiger partial charge on any atom is 0.251 e. The number of carbonyl (C=O) groups excluding carboxylic acids is 1. The summed E-state index contributed by atoms with van der Waals surface area (Å²) >= 11 is 0. The van der Waals surface area contributed by atoms with Crippen LogP contribution in [-0.4, -0.2) is 38.8 Å².